The maximum atomic E-state index is 15.0. The van der Waals surface area contributed by atoms with Crippen LogP contribution >= 0.6 is 0 Å². The molecule has 12 aromatic rings. The number of nitrogens with zero attached hydrogens (tertiary/aromatic N) is 20. The Morgan fingerprint density at radius 2 is 0.946 bits per heavy atom. The van der Waals surface area contributed by atoms with E-state index in [9.17, 15) is 9.18 Å². The Bertz CT molecular complexity index is 5560. The fraction of sp³-hybridized carbons (Fsp3) is 0.424. The molecule has 3 aromatic carbocycles. The van der Waals surface area contributed by atoms with Crippen molar-refractivity contribution in [3.63, 3.8) is 0 Å². The third-order valence-corrected chi connectivity index (χ3v) is 23.4. The van der Waals surface area contributed by atoms with Crippen LogP contribution in [0, 0.1) is 38.2 Å². The van der Waals surface area contributed by atoms with Gasteiger partial charge in [0, 0.05) is 160 Å². The summed E-state index contributed by atoms with van der Waals surface area (Å²) in [5.74, 6) is 2.32. The van der Waals surface area contributed by atoms with E-state index in [0.29, 0.717) is 53.6 Å². The average Bonchev–Trinajstić information content (AvgIpc) is 1.59. The van der Waals surface area contributed by atoms with Crippen LogP contribution in [0.15, 0.2) is 104 Å². The molecule has 0 saturated carbocycles. The Labute approximate surface area is 650 Å². The fourth-order valence-electron chi connectivity index (χ4n) is 16.9. The third kappa shape index (κ3) is 15.1. The smallest absolute Gasteiger partial charge is 0.255 e. The van der Waals surface area contributed by atoms with Gasteiger partial charge in [-0.15, -0.1) is 0 Å². The standard InChI is InChI=1S/C29H33FN8O.C29H35FN8.C27H30FN7/c1-5-36-10-12-37(13-11-36)27(39)19-6-7-23(31-16-19)33-28-32-17-22(30)25(34-28)20-14-18(2)24-21(15-20)26-29(3,4)8-9-38(26)35-24;1-5-36-10-12-37(13-11-36)18-20-6-7-24(31-16-20)33-28-32-17-23(30)26(34-28)21-14-19(2)25-22(15-21)27-29(3,4)8-9-38(27)35-25;1-5-34-11-9-20-17(15-34)6-7-22(30-20)31-26-29-14-19(28)25(33-26)18-12-16(2)24-21(13-18)35-23(32-24)8-10-27(35,3)4/h6-7,14-17H,5,8-13H2,1-4H3,(H,31,32,33,34);6-7,14-17H,5,8-13,18H2,1-4H3,(H,31,32,33,34);6-7,12-14H,5,8-11,15H2,1-4H3,(H,29,30,31,33). The van der Waals surface area contributed by atoms with Gasteiger partial charge in [0.15, 0.2) is 17.5 Å². The van der Waals surface area contributed by atoms with Crippen LogP contribution in [0.5, 0.6) is 0 Å². The zero-order chi connectivity index (χ0) is 78.1. The second kappa shape index (κ2) is 30.4. The van der Waals surface area contributed by atoms with Crippen LogP contribution in [0.3, 0.4) is 0 Å². The highest BCUT2D eigenvalue weighted by Crippen LogP contribution is 2.44. The summed E-state index contributed by atoms with van der Waals surface area (Å²) in [5.41, 5.74) is 16.3. The summed E-state index contributed by atoms with van der Waals surface area (Å²) in [6.45, 7) is 41.3. The number of halogens is 3. The average molecular weight is 1510 g/mol. The van der Waals surface area contributed by atoms with Crippen molar-refractivity contribution in [2.45, 2.75) is 158 Å². The highest BCUT2D eigenvalue weighted by molar-refractivity contribution is 5.95. The first-order valence-corrected chi connectivity index (χ1v) is 39.4. The molecule has 112 heavy (non-hydrogen) atoms. The molecule has 0 radical (unpaired) electrons. The minimum absolute atomic E-state index is 0.000183. The number of carbonyl (C=O) groups excluding carboxylic acids is 1. The number of benzene rings is 3. The number of carbonyl (C=O) groups is 1. The van der Waals surface area contributed by atoms with E-state index in [1.807, 2.05) is 80.4 Å². The zero-order valence-corrected chi connectivity index (χ0v) is 66.2. The van der Waals surface area contributed by atoms with Gasteiger partial charge in [0.1, 0.15) is 40.4 Å². The molecule has 0 spiro atoms. The van der Waals surface area contributed by atoms with Crippen molar-refractivity contribution in [2.24, 2.45) is 0 Å². The summed E-state index contributed by atoms with van der Waals surface area (Å²) in [7, 11) is 0. The monoisotopic (exact) mass is 1510 g/mol. The number of anilines is 6. The number of amides is 1. The number of aryl methyl sites for hydroxylation is 6. The molecular formula is C85H98F3N23O. The number of nitrogens with one attached hydrogen (secondary N) is 3. The van der Waals surface area contributed by atoms with E-state index in [1.165, 1.54) is 41.1 Å². The van der Waals surface area contributed by atoms with Crippen LogP contribution in [0.25, 0.3) is 66.6 Å². The molecule has 2 fully saturated rings. The molecule has 27 heteroatoms. The summed E-state index contributed by atoms with van der Waals surface area (Å²) in [5, 5.41) is 21.2. The highest BCUT2D eigenvalue weighted by Gasteiger charge is 2.37. The molecule has 0 bridgehead atoms. The molecule has 0 atom stereocenters. The minimum Gasteiger partial charge on any atom is -0.336 e. The second-order valence-corrected chi connectivity index (χ2v) is 32.5. The van der Waals surface area contributed by atoms with Gasteiger partial charge >= 0.3 is 0 Å². The number of fused-ring (bicyclic) bond motifs is 10. The molecule has 0 aliphatic carbocycles. The topological polar surface area (TPSA) is 239 Å². The number of imidazole rings is 1. The number of hydrogen-bond acceptors (Lipinski definition) is 20. The van der Waals surface area contributed by atoms with Crippen LogP contribution in [-0.2, 0) is 55.4 Å². The second-order valence-electron chi connectivity index (χ2n) is 32.5. The Balaban J connectivity index is 0.000000127. The molecule has 580 valence electrons. The van der Waals surface area contributed by atoms with Crippen LogP contribution in [0.1, 0.15) is 143 Å². The summed E-state index contributed by atoms with van der Waals surface area (Å²) < 4.78 is 51.5. The number of hydrogen-bond donors (Lipinski definition) is 3. The molecular weight excluding hydrogens is 1420 g/mol. The van der Waals surface area contributed by atoms with Gasteiger partial charge in [-0.2, -0.15) is 10.2 Å². The number of likely N-dealkylation sites (N-methyl/N-ethyl adjacent to an activating group) is 3. The first-order chi connectivity index (χ1) is 53.9. The molecule has 2 saturated heterocycles. The lowest BCUT2D eigenvalue weighted by molar-refractivity contribution is 0.0643. The SMILES string of the molecule is CCN1CCN(C(=O)c2ccc(Nc3ncc(F)c(-c4cc(C)c5nn6c(c5c4)C(C)(C)CC6)n3)nc2)CC1.CCN1CCN(Cc2ccc(Nc3ncc(F)c(-c4cc(C)c5nn6c(c5c4)C(C)(C)CC6)n3)nc2)CC1.CCN1CCc2nc(Nc3ncc(F)c(-c4cc(C)c5nc6n(c5c4)C(C)(C)CC6)n3)ccc2C1. The van der Waals surface area contributed by atoms with Gasteiger partial charge in [-0.05, 0) is 162 Å². The summed E-state index contributed by atoms with van der Waals surface area (Å²) in [6, 6.07) is 23.4. The van der Waals surface area contributed by atoms with Crippen molar-refractivity contribution in [2.75, 3.05) is 94.5 Å². The Hall–Kier alpha value is -10.7. The number of rotatable bonds is 15. The fourth-order valence-corrected chi connectivity index (χ4v) is 16.9. The van der Waals surface area contributed by atoms with Crippen molar-refractivity contribution in [3.05, 3.63) is 178 Å². The van der Waals surface area contributed by atoms with Crippen molar-refractivity contribution in [1.82, 2.24) is 98.5 Å². The maximum Gasteiger partial charge on any atom is 0.255 e. The van der Waals surface area contributed by atoms with E-state index in [4.69, 9.17) is 20.2 Å². The molecule has 15 heterocycles. The van der Waals surface area contributed by atoms with Gasteiger partial charge in [-0.1, -0.05) is 60.6 Å². The van der Waals surface area contributed by atoms with E-state index >= 15 is 8.78 Å². The zero-order valence-electron chi connectivity index (χ0n) is 66.2. The molecule has 1 amide bonds. The molecule has 18 rings (SSSR count). The van der Waals surface area contributed by atoms with Gasteiger partial charge in [0.05, 0.1) is 57.6 Å². The van der Waals surface area contributed by atoms with Crippen LogP contribution in [0.2, 0.25) is 0 Å². The molecule has 24 nitrogen and oxygen atoms in total. The van der Waals surface area contributed by atoms with Gasteiger partial charge in [0.2, 0.25) is 17.8 Å². The van der Waals surface area contributed by atoms with E-state index in [0.717, 1.165) is 196 Å². The van der Waals surface area contributed by atoms with Crippen LogP contribution in [0.4, 0.5) is 48.5 Å². The molecule has 3 N–H and O–H groups in total. The minimum atomic E-state index is -0.501. The maximum absolute atomic E-state index is 15.0. The van der Waals surface area contributed by atoms with Gasteiger partial charge < -0.3 is 35.2 Å². The lowest BCUT2D eigenvalue weighted by Crippen LogP contribution is -2.48. The van der Waals surface area contributed by atoms with Crippen molar-refractivity contribution < 1.29 is 18.0 Å². The van der Waals surface area contributed by atoms with Gasteiger partial charge in [0.25, 0.3) is 5.91 Å². The van der Waals surface area contributed by atoms with Gasteiger partial charge in [-0.3, -0.25) is 24.0 Å². The largest absolute Gasteiger partial charge is 0.336 e. The summed E-state index contributed by atoms with van der Waals surface area (Å²) >= 11 is 0. The van der Waals surface area contributed by atoms with Crippen molar-refractivity contribution in [1.29, 1.82) is 0 Å². The van der Waals surface area contributed by atoms with Crippen LogP contribution < -0.4 is 16.0 Å². The quantitative estimate of drug-likeness (QED) is 0.0864. The Kier molecular flexibility index (Phi) is 20.4. The summed E-state index contributed by atoms with van der Waals surface area (Å²) in [6.07, 6.45) is 12.1. The van der Waals surface area contributed by atoms with Gasteiger partial charge in [-0.25, -0.2) is 63.0 Å². The lowest BCUT2D eigenvalue weighted by atomic mass is 9.86. The van der Waals surface area contributed by atoms with E-state index < -0.39 is 17.5 Å². The molecule has 0 unspecified atom stereocenters. The number of piperazine rings is 2. The predicted octanol–water partition coefficient (Wildman–Crippen LogP) is 14.6. The van der Waals surface area contributed by atoms with Crippen LogP contribution in [-0.4, -0.2) is 183 Å². The molecule has 6 aliphatic heterocycles. The first-order valence-electron chi connectivity index (χ1n) is 39.4. The lowest BCUT2D eigenvalue weighted by Gasteiger charge is -2.34. The van der Waals surface area contributed by atoms with E-state index in [2.05, 4.69) is 164 Å². The Morgan fingerprint density at radius 1 is 0.464 bits per heavy atom. The highest BCUT2D eigenvalue weighted by atomic mass is 19.1. The molecule has 6 aliphatic rings. The predicted molar refractivity (Wildman–Crippen MR) is 432 cm³/mol. The third-order valence-electron chi connectivity index (χ3n) is 23.4. The van der Waals surface area contributed by atoms with Crippen molar-refractivity contribution >= 4 is 74.0 Å². The number of aromatic nitrogens is 15. The summed E-state index contributed by atoms with van der Waals surface area (Å²) in [4.78, 5) is 69.2. The Morgan fingerprint density at radius 3 is 1.46 bits per heavy atom. The molecule has 9 aromatic heterocycles. The number of pyridine rings is 3. The first kappa shape index (κ1) is 75.3. The van der Waals surface area contributed by atoms with E-state index in [-0.39, 0.29) is 45.3 Å². The van der Waals surface area contributed by atoms with E-state index in [1.54, 1.807) is 18.3 Å². The van der Waals surface area contributed by atoms with Crippen molar-refractivity contribution in [3.8, 4) is 33.8 Å². The normalized spacial score (nSPS) is 17.2.